The lowest BCUT2D eigenvalue weighted by atomic mass is 9.92. The van der Waals surface area contributed by atoms with E-state index in [1.165, 1.54) is 0 Å². The number of hydrogen-bond donors (Lipinski definition) is 1. The van der Waals surface area contributed by atoms with Crippen LogP contribution in [0.4, 0.5) is 4.79 Å². The Morgan fingerprint density at radius 2 is 2.08 bits per heavy atom. The number of ether oxygens (including phenoxy) is 1. The minimum atomic E-state index is -0.440. The van der Waals surface area contributed by atoms with E-state index in [4.69, 9.17) is 9.15 Å². The van der Waals surface area contributed by atoms with Crippen molar-refractivity contribution in [3.05, 3.63) is 29.4 Å². The average Bonchev–Trinajstić information content (AvgIpc) is 2.93. The van der Waals surface area contributed by atoms with Crippen molar-refractivity contribution in [2.24, 2.45) is 5.92 Å². The first-order valence-electron chi connectivity index (χ1n) is 9.03. The summed E-state index contributed by atoms with van der Waals surface area (Å²) >= 11 is 0. The monoisotopic (exact) mass is 348 g/mol. The highest BCUT2D eigenvalue weighted by Crippen LogP contribution is 2.27. The van der Waals surface area contributed by atoms with Crippen molar-refractivity contribution in [3.63, 3.8) is 0 Å². The Hall–Kier alpha value is -1.95. The smallest absolute Gasteiger partial charge is 0.410 e. The molecule has 2 aliphatic heterocycles. The van der Waals surface area contributed by atoms with Gasteiger partial charge in [0.05, 0.1) is 6.54 Å². The molecule has 0 aliphatic carbocycles. The molecule has 0 atom stereocenters. The predicted molar refractivity (Wildman–Crippen MR) is 93.9 cm³/mol. The molecular weight excluding hydrogens is 320 g/mol. The van der Waals surface area contributed by atoms with Crippen molar-refractivity contribution in [2.75, 3.05) is 13.1 Å². The summed E-state index contributed by atoms with van der Waals surface area (Å²) in [5.41, 5.74) is 0.588. The van der Waals surface area contributed by atoms with Gasteiger partial charge < -0.3 is 14.1 Å². The van der Waals surface area contributed by atoms with E-state index in [1.54, 1.807) is 12.3 Å². The number of hydroxylamine groups is 2. The lowest BCUT2D eigenvalue weighted by Gasteiger charge is -2.33. The normalized spacial score (nSPS) is 18.4. The summed E-state index contributed by atoms with van der Waals surface area (Å²) in [6.45, 7) is 7.68. The summed E-state index contributed by atoms with van der Waals surface area (Å²) in [5, 5.41) is 10.7. The van der Waals surface area contributed by atoms with Crippen molar-refractivity contribution in [2.45, 2.75) is 58.6 Å². The minimum absolute atomic E-state index is 0.204. The number of likely N-dealkylation sites (tertiary alicyclic amines) is 1. The Kier molecular flexibility index (Phi) is 5.08. The number of fused-ring (bicyclic) bond motifs is 1. The first kappa shape index (κ1) is 17.9. The first-order valence-corrected chi connectivity index (χ1v) is 9.03. The highest BCUT2D eigenvalue weighted by molar-refractivity contribution is 5.68. The molecule has 1 aromatic heterocycles. The van der Waals surface area contributed by atoms with E-state index in [0.29, 0.717) is 12.5 Å². The number of rotatable bonds is 3. The number of amides is 1. The lowest BCUT2D eigenvalue weighted by molar-refractivity contribution is -0.0498. The molecule has 0 saturated carbocycles. The Labute approximate surface area is 149 Å². The maximum atomic E-state index is 12.1. The molecule has 1 saturated heterocycles. The van der Waals surface area contributed by atoms with Crippen molar-refractivity contribution in [1.82, 2.24) is 9.96 Å². The molecule has 0 radical (unpaired) electrons. The molecule has 0 spiro atoms. The third-order valence-electron chi connectivity index (χ3n) is 4.69. The summed E-state index contributed by atoms with van der Waals surface area (Å²) < 4.78 is 11.3. The molecule has 3 rings (SSSR count). The SMILES string of the molecule is CC(C)(C)OC(=O)N1CCC(CCc2cc3c(o2)C=CN(O)C3)CC1. The Bertz CT molecular complexity index is 636. The van der Waals surface area contributed by atoms with E-state index >= 15 is 0 Å². The first-order chi connectivity index (χ1) is 11.8. The van der Waals surface area contributed by atoms with Crippen LogP contribution < -0.4 is 0 Å². The Balaban J connectivity index is 1.44. The molecule has 1 amide bonds. The third-order valence-corrected chi connectivity index (χ3v) is 4.69. The van der Waals surface area contributed by atoms with Crippen molar-refractivity contribution in [3.8, 4) is 0 Å². The highest BCUT2D eigenvalue weighted by atomic mass is 16.6. The molecule has 6 nitrogen and oxygen atoms in total. The fourth-order valence-corrected chi connectivity index (χ4v) is 3.35. The maximum absolute atomic E-state index is 12.1. The van der Waals surface area contributed by atoms with Gasteiger partial charge in [-0.1, -0.05) is 0 Å². The third kappa shape index (κ3) is 4.78. The van der Waals surface area contributed by atoms with E-state index in [1.807, 2.05) is 31.7 Å². The maximum Gasteiger partial charge on any atom is 0.410 e. The minimum Gasteiger partial charge on any atom is -0.461 e. The van der Waals surface area contributed by atoms with Crippen LogP contribution in [0.25, 0.3) is 6.08 Å². The fraction of sp³-hybridized carbons (Fsp3) is 0.632. The molecule has 1 fully saturated rings. The second-order valence-electron chi connectivity index (χ2n) is 7.96. The van der Waals surface area contributed by atoms with Crippen LogP contribution >= 0.6 is 0 Å². The van der Waals surface area contributed by atoms with Crippen LogP contribution in [-0.4, -0.2) is 40.0 Å². The second-order valence-corrected chi connectivity index (χ2v) is 7.96. The number of carbonyl (C=O) groups excluding carboxylic acids is 1. The Morgan fingerprint density at radius 3 is 2.76 bits per heavy atom. The molecule has 0 unspecified atom stereocenters. The topological polar surface area (TPSA) is 66.2 Å². The molecule has 2 aliphatic rings. The number of aryl methyl sites for hydroxylation is 1. The standard InChI is InChI=1S/C19H28N2O4/c1-19(2,3)25-18(22)20-9-6-14(7-10-20)4-5-16-12-15-13-21(23)11-8-17(15)24-16/h8,11-12,14,23H,4-7,9-10,13H2,1-3H3. The van der Waals surface area contributed by atoms with Crippen molar-refractivity contribution in [1.29, 1.82) is 0 Å². The van der Waals surface area contributed by atoms with E-state index in [9.17, 15) is 10.0 Å². The van der Waals surface area contributed by atoms with Gasteiger partial charge in [0.1, 0.15) is 17.1 Å². The van der Waals surface area contributed by atoms with Crippen LogP contribution in [0.15, 0.2) is 16.7 Å². The zero-order valence-electron chi connectivity index (χ0n) is 15.3. The molecule has 3 heterocycles. The summed E-state index contributed by atoms with van der Waals surface area (Å²) in [6, 6.07) is 2.04. The number of furan rings is 1. The summed E-state index contributed by atoms with van der Waals surface area (Å²) in [7, 11) is 0. The van der Waals surface area contributed by atoms with Gasteiger partial charge in [0, 0.05) is 31.3 Å². The molecule has 1 N–H and O–H groups in total. The van der Waals surface area contributed by atoms with Crippen LogP contribution in [0.3, 0.4) is 0 Å². The quantitative estimate of drug-likeness (QED) is 0.893. The van der Waals surface area contributed by atoms with E-state index in [0.717, 1.165) is 60.9 Å². The fourth-order valence-electron chi connectivity index (χ4n) is 3.35. The van der Waals surface area contributed by atoms with Gasteiger partial charge >= 0.3 is 6.09 Å². The number of carbonyl (C=O) groups is 1. The molecule has 0 bridgehead atoms. The predicted octanol–water partition coefficient (Wildman–Crippen LogP) is 4.03. The number of nitrogens with zero attached hydrogens (tertiary/aromatic N) is 2. The lowest BCUT2D eigenvalue weighted by Crippen LogP contribution is -2.41. The van der Waals surface area contributed by atoms with Gasteiger partial charge in [0.25, 0.3) is 0 Å². The van der Waals surface area contributed by atoms with E-state index < -0.39 is 5.60 Å². The van der Waals surface area contributed by atoms with Crippen LogP contribution in [-0.2, 0) is 17.7 Å². The molecule has 0 aromatic carbocycles. The van der Waals surface area contributed by atoms with Crippen LogP contribution in [0, 0.1) is 5.92 Å². The van der Waals surface area contributed by atoms with Gasteiger partial charge in [0.15, 0.2) is 0 Å². The largest absolute Gasteiger partial charge is 0.461 e. The van der Waals surface area contributed by atoms with Gasteiger partial charge in [-0.3, -0.25) is 10.3 Å². The van der Waals surface area contributed by atoms with Crippen molar-refractivity contribution >= 4 is 12.2 Å². The van der Waals surface area contributed by atoms with Crippen LogP contribution in [0.1, 0.15) is 57.1 Å². The number of hydrogen-bond acceptors (Lipinski definition) is 5. The molecule has 1 aromatic rings. The van der Waals surface area contributed by atoms with Gasteiger partial charge in [-0.15, -0.1) is 0 Å². The average molecular weight is 348 g/mol. The van der Waals surface area contributed by atoms with Crippen LogP contribution in [0.2, 0.25) is 0 Å². The highest BCUT2D eigenvalue weighted by Gasteiger charge is 2.27. The Morgan fingerprint density at radius 1 is 1.36 bits per heavy atom. The number of piperidine rings is 1. The second kappa shape index (κ2) is 7.12. The zero-order chi connectivity index (χ0) is 18.0. The molecule has 25 heavy (non-hydrogen) atoms. The summed E-state index contributed by atoms with van der Waals surface area (Å²) in [5.74, 6) is 2.42. The van der Waals surface area contributed by atoms with Crippen LogP contribution in [0.5, 0.6) is 0 Å². The summed E-state index contributed by atoms with van der Waals surface area (Å²) in [6.07, 6.45) is 7.16. The zero-order valence-corrected chi connectivity index (χ0v) is 15.3. The van der Waals surface area contributed by atoms with Gasteiger partial charge in [-0.2, -0.15) is 0 Å². The van der Waals surface area contributed by atoms with Gasteiger partial charge in [0.2, 0.25) is 0 Å². The molecule has 6 heteroatoms. The van der Waals surface area contributed by atoms with Gasteiger partial charge in [-0.05, 0) is 58.1 Å². The molecule has 138 valence electrons. The summed E-state index contributed by atoms with van der Waals surface area (Å²) in [4.78, 5) is 13.9. The van der Waals surface area contributed by atoms with Gasteiger partial charge in [-0.25, -0.2) is 4.79 Å². The van der Waals surface area contributed by atoms with E-state index in [-0.39, 0.29) is 6.09 Å². The van der Waals surface area contributed by atoms with E-state index in [2.05, 4.69) is 0 Å². The molecular formula is C19H28N2O4. The van der Waals surface area contributed by atoms with Crippen molar-refractivity contribution < 1.29 is 19.2 Å².